The van der Waals surface area contributed by atoms with E-state index in [9.17, 15) is 8.42 Å². The second-order valence-electron chi connectivity index (χ2n) is 4.97. The van der Waals surface area contributed by atoms with Gasteiger partial charge in [-0.1, -0.05) is 17.7 Å². The average molecular weight is 269 g/mol. The largest absolute Gasteiger partial charge is 0.396 e. The third-order valence-electron chi connectivity index (χ3n) is 3.46. The Morgan fingerprint density at radius 3 is 2.67 bits per heavy atom. The zero-order valence-corrected chi connectivity index (χ0v) is 11.6. The Kier molecular flexibility index (Phi) is 3.75. The van der Waals surface area contributed by atoms with Crippen molar-refractivity contribution in [2.75, 3.05) is 19.7 Å². The van der Waals surface area contributed by atoms with Gasteiger partial charge in [-0.05, 0) is 37.8 Å². The monoisotopic (exact) mass is 269 g/mol. The normalized spacial score (nSPS) is 21.4. The molecule has 0 saturated carbocycles. The van der Waals surface area contributed by atoms with Crippen LogP contribution in [0.2, 0.25) is 0 Å². The summed E-state index contributed by atoms with van der Waals surface area (Å²) < 4.78 is 26.4. The highest BCUT2D eigenvalue weighted by molar-refractivity contribution is 7.89. The van der Waals surface area contributed by atoms with Crippen molar-refractivity contribution in [3.8, 4) is 0 Å². The summed E-state index contributed by atoms with van der Waals surface area (Å²) >= 11 is 0. The molecule has 100 valence electrons. The van der Waals surface area contributed by atoms with Gasteiger partial charge in [0.25, 0.3) is 0 Å². The molecule has 2 rings (SSSR count). The molecule has 1 saturated heterocycles. The molecule has 1 atom stereocenters. The van der Waals surface area contributed by atoms with Gasteiger partial charge in [-0.2, -0.15) is 4.31 Å². The molecule has 1 aliphatic rings. The van der Waals surface area contributed by atoms with Crippen LogP contribution in [0, 0.1) is 19.8 Å². The standard InChI is InChI=1S/C13H19NO3S/c1-10-3-4-13(11(2)7-10)18(16,17)14-6-5-12(8-14)9-15/h3-4,7,12,15H,5-6,8-9H2,1-2H3. The molecule has 18 heavy (non-hydrogen) atoms. The fourth-order valence-corrected chi connectivity index (χ4v) is 4.13. The molecule has 0 amide bonds. The SMILES string of the molecule is Cc1ccc(S(=O)(=O)N2CCC(CO)C2)c(C)c1. The molecular weight excluding hydrogens is 250 g/mol. The lowest BCUT2D eigenvalue weighted by molar-refractivity contribution is 0.233. The second-order valence-corrected chi connectivity index (χ2v) is 6.88. The molecule has 1 unspecified atom stereocenters. The summed E-state index contributed by atoms with van der Waals surface area (Å²) in [5.41, 5.74) is 1.84. The van der Waals surface area contributed by atoms with E-state index in [1.54, 1.807) is 6.07 Å². The molecule has 1 aromatic carbocycles. The molecule has 1 heterocycles. The average Bonchev–Trinajstić information content (AvgIpc) is 2.77. The maximum Gasteiger partial charge on any atom is 0.243 e. The molecule has 0 radical (unpaired) electrons. The molecule has 1 N–H and O–H groups in total. The first-order valence-electron chi connectivity index (χ1n) is 6.13. The van der Waals surface area contributed by atoms with E-state index in [-0.39, 0.29) is 12.5 Å². The first-order valence-corrected chi connectivity index (χ1v) is 7.57. The van der Waals surface area contributed by atoms with E-state index in [0.29, 0.717) is 18.0 Å². The highest BCUT2D eigenvalue weighted by atomic mass is 32.2. The predicted octanol–water partition coefficient (Wildman–Crippen LogP) is 1.31. The number of hydrogen-bond donors (Lipinski definition) is 1. The van der Waals surface area contributed by atoms with Crippen molar-refractivity contribution in [2.45, 2.75) is 25.2 Å². The van der Waals surface area contributed by atoms with Crippen LogP contribution in [0.15, 0.2) is 23.1 Å². The quantitative estimate of drug-likeness (QED) is 0.900. The molecule has 1 aliphatic heterocycles. The Morgan fingerprint density at radius 2 is 2.11 bits per heavy atom. The summed E-state index contributed by atoms with van der Waals surface area (Å²) in [4.78, 5) is 0.381. The third-order valence-corrected chi connectivity index (χ3v) is 5.48. The van der Waals surface area contributed by atoms with E-state index >= 15 is 0 Å². The lowest BCUT2D eigenvalue weighted by Crippen LogP contribution is -2.29. The van der Waals surface area contributed by atoms with Crippen molar-refractivity contribution >= 4 is 10.0 Å². The Hall–Kier alpha value is -0.910. The van der Waals surface area contributed by atoms with Crippen LogP contribution in [0.1, 0.15) is 17.5 Å². The maximum atomic E-state index is 12.5. The van der Waals surface area contributed by atoms with Gasteiger partial charge in [0, 0.05) is 19.7 Å². The van der Waals surface area contributed by atoms with Crippen molar-refractivity contribution in [3.63, 3.8) is 0 Å². The minimum absolute atomic E-state index is 0.0545. The Labute approximate surface area is 108 Å². The minimum atomic E-state index is -3.41. The summed E-state index contributed by atoms with van der Waals surface area (Å²) in [5, 5.41) is 9.09. The highest BCUT2D eigenvalue weighted by Gasteiger charge is 2.32. The van der Waals surface area contributed by atoms with Crippen molar-refractivity contribution in [1.82, 2.24) is 4.31 Å². The zero-order chi connectivity index (χ0) is 13.3. The molecule has 5 heteroatoms. The molecule has 0 aliphatic carbocycles. The molecule has 4 nitrogen and oxygen atoms in total. The van der Waals surface area contributed by atoms with Gasteiger partial charge in [0.05, 0.1) is 4.90 Å². The Bertz CT molecular complexity index is 539. The number of aliphatic hydroxyl groups is 1. The first-order chi connectivity index (χ1) is 8.45. The van der Waals surface area contributed by atoms with E-state index < -0.39 is 10.0 Å². The van der Waals surface area contributed by atoms with Crippen LogP contribution in [0.4, 0.5) is 0 Å². The van der Waals surface area contributed by atoms with Crippen LogP contribution >= 0.6 is 0 Å². The molecule has 0 spiro atoms. The maximum absolute atomic E-state index is 12.5. The summed E-state index contributed by atoms with van der Waals surface area (Å²) in [6.07, 6.45) is 0.737. The highest BCUT2D eigenvalue weighted by Crippen LogP contribution is 2.26. The number of rotatable bonds is 3. The number of aryl methyl sites for hydroxylation is 2. The number of hydrogen-bond acceptors (Lipinski definition) is 3. The van der Waals surface area contributed by atoms with Crippen LogP contribution in [-0.2, 0) is 10.0 Å². The Balaban J connectivity index is 2.31. The predicted molar refractivity (Wildman–Crippen MR) is 69.9 cm³/mol. The van der Waals surface area contributed by atoms with Crippen molar-refractivity contribution in [3.05, 3.63) is 29.3 Å². The van der Waals surface area contributed by atoms with Gasteiger partial charge >= 0.3 is 0 Å². The smallest absolute Gasteiger partial charge is 0.243 e. The fraction of sp³-hybridized carbons (Fsp3) is 0.538. The Morgan fingerprint density at radius 1 is 1.39 bits per heavy atom. The van der Waals surface area contributed by atoms with E-state index in [1.807, 2.05) is 26.0 Å². The van der Waals surface area contributed by atoms with Crippen LogP contribution in [0.25, 0.3) is 0 Å². The van der Waals surface area contributed by atoms with Crippen LogP contribution in [-0.4, -0.2) is 37.5 Å². The van der Waals surface area contributed by atoms with Crippen LogP contribution in [0.5, 0.6) is 0 Å². The van der Waals surface area contributed by atoms with Gasteiger partial charge in [-0.25, -0.2) is 8.42 Å². The number of sulfonamides is 1. The third kappa shape index (κ3) is 2.43. The summed E-state index contributed by atoms with van der Waals surface area (Å²) in [6, 6.07) is 5.37. The second kappa shape index (κ2) is 4.99. The van der Waals surface area contributed by atoms with Crippen molar-refractivity contribution in [2.24, 2.45) is 5.92 Å². The van der Waals surface area contributed by atoms with Crippen molar-refractivity contribution < 1.29 is 13.5 Å². The first kappa shape index (κ1) is 13.5. The van der Waals surface area contributed by atoms with Gasteiger partial charge < -0.3 is 5.11 Å². The molecule has 0 bridgehead atoms. The molecular formula is C13H19NO3S. The lowest BCUT2D eigenvalue weighted by Gasteiger charge is -2.18. The van der Waals surface area contributed by atoms with E-state index in [4.69, 9.17) is 5.11 Å². The number of benzene rings is 1. The van der Waals surface area contributed by atoms with Crippen LogP contribution < -0.4 is 0 Å². The van der Waals surface area contributed by atoms with Gasteiger partial charge in [-0.3, -0.25) is 0 Å². The van der Waals surface area contributed by atoms with Gasteiger partial charge in [-0.15, -0.1) is 0 Å². The van der Waals surface area contributed by atoms with E-state index in [1.165, 1.54) is 4.31 Å². The summed E-state index contributed by atoms with van der Waals surface area (Å²) in [5.74, 6) is 0.0746. The van der Waals surface area contributed by atoms with Gasteiger partial charge in [0.1, 0.15) is 0 Å². The van der Waals surface area contributed by atoms with E-state index in [0.717, 1.165) is 17.5 Å². The lowest BCUT2D eigenvalue weighted by atomic mass is 10.1. The van der Waals surface area contributed by atoms with Gasteiger partial charge in [0.2, 0.25) is 10.0 Å². The summed E-state index contributed by atoms with van der Waals surface area (Å²) in [6.45, 7) is 4.74. The number of nitrogens with zero attached hydrogens (tertiary/aromatic N) is 1. The van der Waals surface area contributed by atoms with Crippen LogP contribution in [0.3, 0.4) is 0 Å². The number of aliphatic hydroxyl groups excluding tert-OH is 1. The minimum Gasteiger partial charge on any atom is -0.396 e. The molecule has 1 fully saturated rings. The van der Waals surface area contributed by atoms with Crippen molar-refractivity contribution in [1.29, 1.82) is 0 Å². The van der Waals surface area contributed by atoms with Gasteiger partial charge in [0.15, 0.2) is 0 Å². The summed E-state index contributed by atoms with van der Waals surface area (Å²) in [7, 11) is -3.41. The zero-order valence-electron chi connectivity index (χ0n) is 10.8. The molecule has 0 aromatic heterocycles. The molecule has 1 aromatic rings. The topological polar surface area (TPSA) is 57.6 Å². The fourth-order valence-electron chi connectivity index (χ4n) is 2.39. The van der Waals surface area contributed by atoms with E-state index in [2.05, 4.69) is 0 Å².